The summed E-state index contributed by atoms with van der Waals surface area (Å²) in [5, 5.41) is 0. The normalized spacial score (nSPS) is 19.4. The zero-order valence-corrected chi connectivity index (χ0v) is 16.3. The van der Waals surface area contributed by atoms with Crippen LogP contribution < -0.4 is 4.74 Å². The fourth-order valence-electron chi connectivity index (χ4n) is 3.50. The van der Waals surface area contributed by atoms with E-state index in [0.29, 0.717) is 0 Å². The molecule has 1 aromatic rings. The van der Waals surface area contributed by atoms with Crippen molar-refractivity contribution in [1.29, 1.82) is 0 Å². The molecule has 0 aliphatic carbocycles. The van der Waals surface area contributed by atoms with E-state index in [1.54, 1.807) is 0 Å². The molecule has 0 amide bonds. The lowest BCUT2D eigenvalue weighted by atomic mass is 9.82. The van der Waals surface area contributed by atoms with Crippen molar-refractivity contribution in [1.82, 2.24) is 4.90 Å². The number of ether oxygens (including phenoxy) is 1. The predicted molar refractivity (Wildman–Crippen MR) is 104 cm³/mol. The second kappa shape index (κ2) is 9.46. The van der Waals surface area contributed by atoms with Gasteiger partial charge in [0.15, 0.2) is 0 Å². The number of hydrogen-bond acceptors (Lipinski definition) is 2. The van der Waals surface area contributed by atoms with Crippen LogP contribution in [0.5, 0.6) is 5.75 Å². The summed E-state index contributed by atoms with van der Waals surface area (Å²) in [6, 6.07) is 8.69. The highest BCUT2D eigenvalue weighted by Gasteiger charge is 2.17. The summed E-state index contributed by atoms with van der Waals surface area (Å²) in [5.41, 5.74) is 1.65. The SMILES string of the molecule is CCC(C)(C)c1ccc(OCCCCCN2CCC[C@@H](C)C2)cc1. The summed E-state index contributed by atoms with van der Waals surface area (Å²) in [4.78, 5) is 2.64. The van der Waals surface area contributed by atoms with Crippen LogP contribution in [0, 0.1) is 5.92 Å². The second-order valence-electron chi connectivity index (χ2n) is 8.22. The summed E-state index contributed by atoms with van der Waals surface area (Å²) < 4.78 is 5.90. The van der Waals surface area contributed by atoms with Crippen molar-refractivity contribution in [2.24, 2.45) is 5.92 Å². The average molecular weight is 332 g/mol. The first-order valence-corrected chi connectivity index (χ1v) is 9.97. The van der Waals surface area contributed by atoms with Crippen LogP contribution in [0.2, 0.25) is 0 Å². The van der Waals surface area contributed by atoms with Crippen molar-refractivity contribution in [2.45, 2.75) is 71.6 Å². The molecule has 1 saturated heterocycles. The second-order valence-corrected chi connectivity index (χ2v) is 8.22. The maximum atomic E-state index is 5.90. The van der Waals surface area contributed by atoms with Gasteiger partial charge in [0.25, 0.3) is 0 Å². The van der Waals surface area contributed by atoms with Gasteiger partial charge in [-0.1, -0.05) is 39.8 Å². The number of benzene rings is 1. The Morgan fingerprint density at radius 1 is 1.12 bits per heavy atom. The molecule has 1 aromatic carbocycles. The van der Waals surface area contributed by atoms with Gasteiger partial charge in [-0.2, -0.15) is 0 Å². The van der Waals surface area contributed by atoms with E-state index < -0.39 is 0 Å². The molecule has 0 N–H and O–H groups in total. The van der Waals surface area contributed by atoms with Gasteiger partial charge in [-0.15, -0.1) is 0 Å². The number of rotatable bonds is 9. The first-order valence-electron chi connectivity index (χ1n) is 9.97. The molecule has 1 fully saturated rings. The number of hydrogen-bond donors (Lipinski definition) is 0. The number of piperidine rings is 1. The van der Waals surface area contributed by atoms with E-state index in [1.807, 2.05) is 0 Å². The third-order valence-electron chi connectivity index (χ3n) is 5.65. The number of likely N-dealkylation sites (tertiary alicyclic amines) is 1. The van der Waals surface area contributed by atoms with Gasteiger partial charge in [0, 0.05) is 6.54 Å². The van der Waals surface area contributed by atoms with Crippen LogP contribution in [0.15, 0.2) is 24.3 Å². The molecule has 136 valence electrons. The molecular formula is C22H37NO. The van der Waals surface area contributed by atoms with Crippen LogP contribution >= 0.6 is 0 Å². The average Bonchev–Trinajstić information content (AvgIpc) is 2.58. The zero-order chi connectivity index (χ0) is 17.4. The maximum Gasteiger partial charge on any atom is 0.119 e. The Balaban J connectivity index is 1.59. The molecule has 0 unspecified atom stereocenters. The van der Waals surface area contributed by atoms with E-state index in [2.05, 4.69) is 56.9 Å². The monoisotopic (exact) mass is 331 g/mol. The lowest BCUT2D eigenvalue weighted by Gasteiger charge is -2.30. The van der Waals surface area contributed by atoms with Gasteiger partial charge in [-0.05, 0) is 80.6 Å². The van der Waals surface area contributed by atoms with E-state index in [-0.39, 0.29) is 5.41 Å². The van der Waals surface area contributed by atoms with Crippen molar-refractivity contribution >= 4 is 0 Å². The van der Waals surface area contributed by atoms with Gasteiger partial charge >= 0.3 is 0 Å². The fourth-order valence-corrected chi connectivity index (χ4v) is 3.50. The molecule has 0 aromatic heterocycles. The summed E-state index contributed by atoms with van der Waals surface area (Å²) in [6.45, 7) is 13.9. The van der Waals surface area contributed by atoms with Crippen LogP contribution in [0.1, 0.15) is 71.8 Å². The summed E-state index contributed by atoms with van der Waals surface area (Å²) in [5.74, 6) is 1.90. The minimum absolute atomic E-state index is 0.254. The topological polar surface area (TPSA) is 12.5 Å². The highest BCUT2D eigenvalue weighted by molar-refractivity contribution is 5.31. The Labute approximate surface area is 149 Å². The van der Waals surface area contributed by atoms with Crippen LogP contribution in [0.3, 0.4) is 0 Å². The van der Waals surface area contributed by atoms with Gasteiger partial charge in [-0.3, -0.25) is 0 Å². The predicted octanol–water partition coefficient (Wildman–Crippen LogP) is 5.66. The highest BCUT2D eigenvalue weighted by Crippen LogP contribution is 2.28. The maximum absolute atomic E-state index is 5.90. The minimum atomic E-state index is 0.254. The van der Waals surface area contributed by atoms with Crippen LogP contribution in [-0.2, 0) is 5.41 Å². The Morgan fingerprint density at radius 2 is 1.88 bits per heavy atom. The lowest BCUT2D eigenvalue weighted by molar-refractivity contribution is 0.179. The number of unbranched alkanes of at least 4 members (excludes halogenated alkanes) is 2. The molecule has 24 heavy (non-hydrogen) atoms. The Kier molecular flexibility index (Phi) is 7.61. The quantitative estimate of drug-likeness (QED) is 0.542. The molecule has 2 rings (SSSR count). The Hall–Kier alpha value is -1.02. The third-order valence-corrected chi connectivity index (χ3v) is 5.65. The summed E-state index contributed by atoms with van der Waals surface area (Å²) in [7, 11) is 0. The van der Waals surface area contributed by atoms with E-state index in [4.69, 9.17) is 4.74 Å². The van der Waals surface area contributed by atoms with E-state index >= 15 is 0 Å². The summed E-state index contributed by atoms with van der Waals surface area (Å²) >= 11 is 0. The largest absolute Gasteiger partial charge is 0.494 e. The van der Waals surface area contributed by atoms with Gasteiger partial charge in [0.2, 0.25) is 0 Å². The first kappa shape index (κ1) is 19.3. The molecule has 1 aliphatic rings. The molecule has 0 bridgehead atoms. The third kappa shape index (κ3) is 6.12. The highest BCUT2D eigenvalue weighted by atomic mass is 16.5. The van der Waals surface area contributed by atoms with Gasteiger partial charge in [0.1, 0.15) is 5.75 Å². The minimum Gasteiger partial charge on any atom is -0.494 e. The van der Waals surface area contributed by atoms with Crippen LogP contribution in [0.4, 0.5) is 0 Å². The molecule has 1 aliphatic heterocycles. The number of nitrogens with zero attached hydrogens (tertiary/aromatic N) is 1. The van der Waals surface area contributed by atoms with Gasteiger partial charge < -0.3 is 9.64 Å². The lowest BCUT2D eigenvalue weighted by Crippen LogP contribution is -2.34. The van der Waals surface area contributed by atoms with Gasteiger partial charge in [-0.25, -0.2) is 0 Å². The molecule has 0 saturated carbocycles. The van der Waals surface area contributed by atoms with E-state index in [0.717, 1.165) is 31.1 Å². The Morgan fingerprint density at radius 3 is 2.54 bits per heavy atom. The first-order chi connectivity index (χ1) is 11.5. The molecule has 1 atom stereocenters. The fraction of sp³-hybridized carbons (Fsp3) is 0.727. The van der Waals surface area contributed by atoms with Crippen molar-refractivity contribution in [2.75, 3.05) is 26.2 Å². The van der Waals surface area contributed by atoms with Crippen molar-refractivity contribution in [3.8, 4) is 5.75 Å². The molecule has 0 radical (unpaired) electrons. The summed E-state index contributed by atoms with van der Waals surface area (Å²) in [6.07, 6.45) is 7.69. The van der Waals surface area contributed by atoms with Crippen molar-refractivity contribution in [3.05, 3.63) is 29.8 Å². The van der Waals surface area contributed by atoms with E-state index in [1.165, 1.54) is 50.9 Å². The molecule has 2 heteroatoms. The molecule has 1 heterocycles. The van der Waals surface area contributed by atoms with Crippen LogP contribution in [-0.4, -0.2) is 31.1 Å². The zero-order valence-electron chi connectivity index (χ0n) is 16.3. The molecular weight excluding hydrogens is 294 g/mol. The smallest absolute Gasteiger partial charge is 0.119 e. The van der Waals surface area contributed by atoms with Crippen molar-refractivity contribution < 1.29 is 4.74 Å². The van der Waals surface area contributed by atoms with E-state index in [9.17, 15) is 0 Å². The van der Waals surface area contributed by atoms with Gasteiger partial charge in [0.05, 0.1) is 6.61 Å². The standard InChI is InChI=1S/C22H37NO/c1-5-22(3,4)20-11-13-21(14-12-20)24-17-8-6-7-15-23-16-9-10-19(2)18-23/h11-14,19H,5-10,15-18H2,1-4H3/t19-/m1/s1. The molecule has 2 nitrogen and oxygen atoms in total. The molecule has 0 spiro atoms. The Bertz CT molecular complexity index is 465. The van der Waals surface area contributed by atoms with Crippen molar-refractivity contribution in [3.63, 3.8) is 0 Å². The van der Waals surface area contributed by atoms with Crippen LogP contribution in [0.25, 0.3) is 0 Å².